The van der Waals surface area contributed by atoms with Crippen molar-refractivity contribution in [3.8, 4) is 0 Å². The van der Waals surface area contributed by atoms with Gasteiger partial charge < -0.3 is 10.4 Å². The van der Waals surface area contributed by atoms with Crippen molar-refractivity contribution in [1.82, 2.24) is 0 Å². The number of halogens is 4. The van der Waals surface area contributed by atoms with Crippen LogP contribution >= 0.6 is 11.6 Å². The van der Waals surface area contributed by atoms with E-state index in [4.69, 9.17) is 16.7 Å². The molecule has 0 aliphatic carbocycles. The van der Waals surface area contributed by atoms with Crippen LogP contribution in [-0.2, 0) is 6.18 Å². The lowest BCUT2D eigenvalue weighted by Gasteiger charge is -2.13. The largest absolute Gasteiger partial charge is 0.478 e. The number of carbonyl (C=O) groups is 1. The number of alkyl halides is 3. The fourth-order valence-corrected chi connectivity index (χ4v) is 1.82. The molecular weight excluding hydrogens is 307 g/mol. The van der Waals surface area contributed by atoms with E-state index in [-0.39, 0.29) is 5.69 Å². The van der Waals surface area contributed by atoms with E-state index in [0.29, 0.717) is 16.8 Å². The zero-order chi connectivity index (χ0) is 15.6. The van der Waals surface area contributed by atoms with E-state index in [1.807, 2.05) is 0 Å². The summed E-state index contributed by atoms with van der Waals surface area (Å²) in [5, 5.41) is 12.3. The van der Waals surface area contributed by atoms with Gasteiger partial charge in [-0.2, -0.15) is 13.2 Å². The number of nitrogens with one attached hydrogen (secondary N) is 1. The summed E-state index contributed by atoms with van der Waals surface area (Å²) in [5.41, 5.74) is -0.888. The zero-order valence-corrected chi connectivity index (χ0v) is 11.2. The molecule has 0 saturated heterocycles. The molecule has 0 radical (unpaired) electrons. The Hall–Kier alpha value is -2.21. The van der Waals surface area contributed by atoms with E-state index in [0.717, 1.165) is 12.1 Å². The van der Waals surface area contributed by atoms with E-state index < -0.39 is 23.3 Å². The zero-order valence-electron chi connectivity index (χ0n) is 10.4. The van der Waals surface area contributed by atoms with Gasteiger partial charge >= 0.3 is 12.1 Å². The Morgan fingerprint density at radius 1 is 1.10 bits per heavy atom. The molecule has 0 unspecified atom stereocenters. The van der Waals surface area contributed by atoms with Gasteiger partial charge in [0.25, 0.3) is 0 Å². The Labute approximate surface area is 123 Å². The lowest BCUT2D eigenvalue weighted by Crippen LogP contribution is -2.09. The summed E-state index contributed by atoms with van der Waals surface area (Å²) in [6.07, 6.45) is -4.59. The Morgan fingerprint density at radius 3 is 2.24 bits per heavy atom. The van der Waals surface area contributed by atoms with Crippen LogP contribution in [-0.4, -0.2) is 11.1 Å². The summed E-state index contributed by atoms with van der Waals surface area (Å²) >= 11 is 5.72. The van der Waals surface area contributed by atoms with E-state index in [2.05, 4.69) is 5.32 Å². The Kier molecular flexibility index (Phi) is 4.09. The molecule has 2 aromatic rings. The van der Waals surface area contributed by atoms with Gasteiger partial charge in [-0.05, 0) is 42.5 Å². The molecule has 0 spiro atoms. The van der Waals surface area contributed by atoms with Crippen LogP contribution < -0.4 is 5.32 Å². The van der Waals surface area contributed by atoms with E-state index in [9.17, 15) is 18.0 Å². The molecule has 0 aliphatic rings. The molecule has 0 bridgehead atoms. The van der Waals surface area contributed by atoms with Crippen molar-refractivity contribution in [2.45, 2.75) is 6.18 Å². The lowest BCUT2D eigenvalue weighted by atomic mass is 10.1. The first-order chi connectivity index (χ1) is 9.77. The molecule has 0 aromatic heterocycles. The minimum atomic E-state index is -4.59. The summed E-state index contributed by atoms with van der Waals surface area (Å²) < 4.78 is 37.8. The molecule has 110 valence electrons. The van der Waals surface area contributed by atoms with Gasteiger partial charge in [-0.15, -0.1) is 0 Å². The quantitative estimate of drug-likeness (QED) is 0.855. The van der Waals surface area contributed by atoms with Crippen LogP contribution in [0.15, 0.2) is 42.5 Å². The third-order valence-electron chi connectivity index (χ3n) is 2.70. The molecule has 0 fully saturated rings. The van der Waals surface area contributed by atoms with Crippen LogP contribution in [0.1, 0.15) is 15.9 Å². The summed E-state index contributed by atoms with van der Waals surface area (Å²) in [4.78, 5) is 11.1. The molecule has 3 nitrogen and oxygen atoms in total. The SMILES string of the molecule is O=C(O)c1cc(C(F)(F)F)ccc1Nc1ccc(Cl)cc1. The second-order valence-electron chi connectivity index (χ2n) is 4.20. The molecule has 0 saturated carbocycles. The molecule has 0 heterocycles. The summed E-state index contributed by atoms with van der Waals surface area (Å²) in [6, 6.07) is 8.84. The molecule has 0 aliphatic heterocycles. The van der Waals surface area contributed by atoms with Crippen molar-refractivity contribution in [3.05, 3.63) is 58.6 Å². The van der Waals surface area contributed by atoms with Crippen molar-refractivity contribution in [1.29, 1.82) is 0 Å². The molecule has 2 aromatic carbocycles. The highest BCUT2D eigenvalue weighted by molar-refractivity contribution is 6.30. The number of aromatic carboxylic acids is 1. The van der Waals surface area contributed by atoms with Crippen molar-refractivity contribution in [2.24, 2.45) is 0 Å². The summed E-state index contributed by atoms with van der Waals surface area (Å²) in [7, 11) is 0. The average molecular weight is 316 g/mol. The Balaban J connectivity index is 2.39. The van der Waals surface area contributed by atoms with E-state index in [1.165, 1.54) is 0 Å². The monoisotopic (exact) mass is 315 g/mol. The van der Waals surface area contributed by atoms with E-state index >= 15 is 0 Å². The summed E-state index contributed by atoms with van der Waals surface area (Å²) in [5.74, 6) is -1.45. The normalized spacial score (nSPS) is 11.2. The average Bonchev–Trinajstić information content (AvgIpc) is 2.40. The molecule has 2 N–H and O–H groups in total. The van der Waals surface area contributed by atoms with Crippen LogP contribution in [0.2, 0.25) is 5.02 Å². The van der Waals surface area contributed by atoms with Gasteiger partial charge in [0.1, 0.15) is 0 Å². The number of carboxylic acids is 1. The molecule has 0 atom stereocenters. The molecular formula is C14H9ClF3NO2. The van der Waals surface area contributed by atoms with Gasteiger partial charge in [0.15, 0.2) is 0 Å². The number of benzene rings is 2. The van der Waals surface area contributed by atoms with Crippen molar-refractivity contribution < 1.29 is 23.1 Å². The maximum absolute atomic E-state index is 12.6. The fraction of sp³-hybridized carbons (Fsp3) is 0.0714. The highest BCUT2D eigenvalue weighted by atomic mass is 35.5. The van der Waals surface area contributed by atoms with Crippen LogP contribution in [0, 0.1) is 0 Å². The minimum absolute atomic E-state index is 0.0674. The number of hydrogen-bond acceptors (Lipinski definition) is 2. The Morgan fingerprint density at radius 2 is 1.71 bits per heavy atom. The standard InChI is InChI=1S/C14H9ClF3NO2/c15-9-2-4-10(5-3-9)19-12-6-1-8(14(16,17)18)7-11(12)13(20)21/h1-7,19H,(H,20,21). The molecule has 7 heteroatoms. The van der Waals surface area contributed by atoms with Crippen molar-refractivity contribution in [3.63, 3.8) is 0 Å². The van der Waals surface area contributed by atoms with Crippen LogP contribution in [0.3, 0.4) is 0 Å². The van der Waals surface area contributed by atoms with Crippen molar-refractivity contribution >= 4 is 28.9 Å². The lowest BCUT2D eigenvalue weighted by molar-refractivity contribution is -0.137. The Bertz CT molecular complexity index is 669. The first-order valence-electron chi connectivity index (χ1n) is 5.74. The summed E-state index contributed by atoms with van der Waals surface area (Å²) in [6.45, 7) is 0. The topological polar surface area (TPSA) is 49.3 Å². The number of anilines is 2. The first-order valence-corrected chi connectivity index (χ1v) is 6.12. The second kappa shape index (κ2) is 5.65. The number of carboxylic acid groups (broad SMARTS) is 1. The highest BCUT2D eigenvalue weighted by Gasteiger charge is 2.31. The first kappa shape index (κ1) is 15.2. The predicted molar refractivity (Wildman–Crippen MR) is 73.1 cm³/mol. The van der Waals surface area contributed by atoms with Gasteiger partial charge in [0, 0.05) is 10.7 Å². The third-order valence-corrected chi connectivity index (χ3v) is 2.95. The number of hydrogen-bond donors (Lipinski definition) is 2. The predicted octanol–water partition coefficient (Wildman–Crippen LogP) is 4.80. The molecule has 21 heavy (non-hydrogen) atoms. The van der Waals surface area contributed by atoms with Gasteiger partial charge in [-0.1, -0.05) is 11.6 Å². The fourth-order valence-electron chi connectivity index (χ4n) is 1.70. The molecule has 2 rings (SSSR count). The van der Waals surface area contributed by atoms with Crippen LogP contribution in [0.5, 0.6) is 0 Å². The maximum atomic E-state index is 12.6. The minimum Gasteiger partial charge on any atom is -0.478 e. The molecule has 0 amide bonds. The van der Waals surface area contributed by atoms with Gasteiger partial charge in [-0.25, -0.2) is 4.79 Å². The van der Waals surface area contributed by atoms with E-state index in [1.54, 1.807) is 24.3 Å². The van der Waals surface area contributed by atoms with Crippen LogP contribution in [0.25, 0.3) is 0 Å². The smallest absolute Gasteiger partial charge is 0.416 e. The van der Waals surface area contributed by atoms with Gasteiger partial charge in [0.2, 0.25) is 0 Å². The maximum Gasteiger partial charge on any atom is 0.416 e. The van der Waals surface area contributed by atoms with Crippen molar-refractivity contribution in [2.75, 3.05) is 5.32 Å². The second-order valence-corrected chi connectivity index (χ2v) is 4.63. The van der Waals surface area contributed by atoms with Gasteiger partial charge in [-0.3, -0.25) is 0 Å². The number of rotatable bonds is 3. The van der Waals surface area contributed by atoms with Crippen LogP contribution in [0.4, 0.5) is 24.5 Å². The highest BCUT2D eigenvalue weighted by Crippen LogP contribution is 2.32. The third kappa shape index (κ3) is 3.66. The van der Waals surface area contributed by atoms with Gasteiger partial charge in [0.05, 0.1) is 16.8 Å².